The molecule has 0 atom stereocenters. The van der Waals surface area contributed by atoms with Gasteiger partial charge in [-0.15, -0.1) is 10.2 Å². The lowest BCUT2D eigenvalue weighted by Crippen LogP contribution is -2.49. The number of nitrogens with zero attached hydrogens (tertiary/aromatic N) is 5. The van der Waals surface area contributed by atoms with Crippen molar-refractivity contribution in [1.29, 1.82) is 0 Å². The number of benzene rings is 1. The minimum absolute atomic E-state index is 0.0180. The van der Waals surface area contributed by atoms with E-state index in [-0.39, 0.29) is 18.4 Å². The van der Waals surface area contributed by atoms with Crippen molar-refractivity contribution in [1.82, 2.24) is 30.6 Å². The van der Waals surface area contributed by atoms with Crippen LogP contribution in [0.1, 0.15) is 23.5 Å². The molecule has 31 heavy (non-hydrogen) atoms. The van der Waals surface area contributed by atoms with Crippen LogP contribution in [0.3, 0.4) is 0 Å². The monoisotopic (exact) mass is 446 g/mol. The largest absolute Gasteiger partial charge is 0.342 e. The third kappa shape index (κ3) is 5.19. The number of carbonyl (C=O) groups is 1. The van der Waals surface area contributed by atoms with Crippen LogP contribution in [0.15, 0.2) is 24.3 Å². The molecule has 0 aliphatic carbocycles. The second kappa shape index (κ2) is 9.69. The summed E-state index contributed by atoms with van der Waals surface area (Å²) in [4.78, 5) is 14.5. The van der Waals surface area contributed by atoms with E-state index in [9.17, 15) is 13.6 Å². The molecule has 1 saturated heterocycles. The molecule has 0 radical (unpaired) electrons. The number of carbonyl (C=O) groups excluding carboxylic acids is 1. The van der Waals surface area contributed by atoms with Crippen LogP contribution in [0.25, 0.3) is 21.5 Å². The highest BCUT2D eigenvalue weighted by atomic mass is 32.1. The van der Waals surface area contributed by atoms with Crippen LogP contribution >= 0.6 is 11.3 Å². The van der Waals surface area contributed by atoms with E-state index in [1.54, 1.807) is 4.90 Å². The van der Waals surface area contributed by atoms with Gasteiger partial charge in [-0.25, -0.2) is 8.78 Å². The summed E-state index contributed by atoms with van der Waals surface area (Å²) in [5, 5.41) is 22.3. The molecule has 1 amide bonds. The van der Waals surface area contributed by atoms with E-state index in [0.29, 0.717) is 31.6 Å². The lowest BCUT2D eigenvalue weighted by Gasteiger charge is -2.33. The zero-order chi connectivity index (χ0) is 21.8. The summed E-state index contributed by atoms with van der Waals surface area (Å²) >= 11 is 1.52. The Morgan fingerprint density at radius 1 is 1.16 bits per heavy atom. The Bertz CT molecular complexity index is 1050. The standard InChI is InChI=1S/C21H24F2N6OS/c1-13-25-28-21(31-13)14-2-3-19-15(8-14)9-17(26-27-19)10-20(30)29-6-4-16(5-7-29)24-18(11-22)12-23/h2-3,8-9,16,18,24H,4-7,10-12H2,1H3. The van der Waals surface area contributed by atoms with E-state index in [2.05, 4.69) is 25.7 Å². The van der Waals surface area contributed by atoms with Gasteiger partial charge in [0.2, 0.25) is 5.91 Å². The van der Waals surface area contributed by atoms with Crippen molar-refractivity contribution >= 4 is 28.1 Å². The highest BCUT2D eigenvalue weighted by Gasteiger charge is 2.25. The number of hydrogen-bond donors (Lipinski definition) is 1. The molecule has 0 bridgehead atoms. The van der Waals surface area contributed by atoms with E-state index >= 15 is 0 Å². The van der Waals surface area contributed by atoms with Gasteiger partial charge in [-0.2, -0.15) is 10.2 Å². The number of alkyl halides is 2. The number of hydrogen-bond acceptors (Lipinski definition) is 7. The molecule has 1 aliphatic rings. The predicted octanol–water partition coefficient (Wildman–Crippen LogP) is 2.89. The summed E-state index contributed by atoms with van der Waals surface area (Å²) in [6.07, 6.45) is 1.52. The van der Waals surface area contributed by atoms with Gasteiger partial charge in [0, 0.05) is 30.1 Å². The fraction of sp³-hybridized carbons (Fsp3) is 0.476. The number of halogens is 2. The van der Waals surface area contributed by atoms with Crippen LogP contribution in [0.4, 0.5) is 8.78 Å². The van der Waals surface area contributed by atoms with E-state index in [0.717, 1.165) is 26.5 Å². The van der Waals surface area contributed by atoms with Gasteiger partial charge in [0.15, 0.2) is 0 Å². The van der Waals surface area contributed by atoms with Crippen molar-refractivity contribution in [2.45, 2.75) is 38.3 Å². The van der Waals surface area contributed by atoms with Gasteiger partial charge in [0.1, 0.15) is 23.4 Å². The van der Waals surface area contributed by atoms with Gasteiger partial charge in [-0.1, -0.05) is 11.3 Å². The first-order valence-electron chi connectivity index (χ1n) is 10.3. The fourth-order valence-corrected chi connectivity index (χ4v) is 4.43. The maximum Gasteiger partial charge on any atom is 0.228 e. The first kappa shape index (κ1) is 21.6. The Labute approximate surface area is 182 Å². The van der Waals surface area contributed by atoms with E-state index in [1.165, 1.54) is 11.3 Å². The molecule has 0 spiro atoms. The average Bonchev–Trinajstić information content (AvgIpc) is 3.23. The highest BCUT2D eigenvalue weighted by Crippen LogP contribution is 2.26. The number of amides is 1. The molecule has 1 N–H and O–H groups in total. The Hall–Kier alpha value is -2.59. The first-order chi connectivity index (χ1) is 15.1. The third-order valence-corrected chi connectivity index (χ3v) is 6.32. The van der Waals surface area contributed by atoms with Gasteiger partial charge < -0.3 is 10.2 Å². The molecule has 1 aliphatic heterocycles. The molecule has 10 heteroatoms. The normalized spacial score (nSPS) is 15.2. The number of likely N-dealkylation sites (tertiary alicyclic amines) is 1. The van der Waals surface area contributed by atoms with Gasteiger partial charge in [-0.3, -0.25) is 4.79 Å². The zero-order valence-corrected chi connectivity index (χ0v) is 18.0. The molecular weight excluding hydrogens is 422 g/mol. The Morgan fingerprint density at radius 2 is 1.94 bits per heavy atom. The summed E-state index contributed by atoms with van der Waals surface area (Å²) in [5.74, 6) is -0.0180. The Morgan fingerprint density at radius 3 is 2.61 bits per heavy atom. The van der Waals surface area contributed by atoms with Crippen molar-refractivity contribution in [2.75, 3.05) is 26.4 Å². The van der Waals surface area contributed by atoms with Crippen LogP contribution in [0.2, 0.25) is 0 Å². The van der Waals surface area contributed by atoms with Crippen molar-refractivity contribution in [3.63, 3.8) is 0 Å². The quantitative estimate of drug-likeness (QED) is 0.601. The van der Waals surface area contributed by atoms with Crippen molar-refractivity contribution in [2.24, 2.45) is 0 Å². The molecule has 4 rings (SSSR count). The summed E-state index contributed by atoms with van der Waals surface area (Å²) < 4.78 is 25.4. The molecule has 3 heterocycles. The van der Waals surface area contributed by atoms with Gasteiger partial charge >= 0.3 is 0 Å². The average molecular weight is 447 g/mol. The smallest absolute Gasteiger partial charge is 0.228 e. The molecular formula is C21H24F2N6OS. The number of rotatable bonds is 7. The number of piperidine rings is 1. The fourth-order valence-electron chi connectivity index (χ4n) is 3.75. The second-order valence-corrected chi connectivity index (χ2v) is 8.92. The van der Waals surface area contributed by atoms with Crippen molar-refractivity contribution in [3.8, 4) is 10.6 Å². The molecule has 2 aromatic heterocycles. The molecule has 0 saturated carbocycles. The molecule has 7 nitrogen and oxygen atoms in total. The van der Waals surface area contributed by atoms with Crippen LogP contribution in [-0.4, -0.2) is 69.7 Å². The summed E-state index contributed by atoms with van der Waals surface area (Å²) in [6, 6.07) is 6.98. The van der Waals surface area contributed by atoms with Crippen LogP contribution in [-0.2, 0) is 11.2 Å². The molecule has 0 unspecified atom stereocenters. The summed E-state index contributed by atoms with van der Waals surface area (Å²) in [7, 11) is 0. The topological polar surface area (TPSA) is 83.9 Å². The Balaban J connectivity index is 1.39. The SMILES string of the molecule is Cc1nnc(-c2ccc3nnc(CC(=O)N4CCC(NC(CF)CF)CC4)cc3c2)s1. The predicted molar refractivity (Wildman–Crippen MR) is 115 cm³/mol. The lowest BCUT2D eigenvalue weighted by atomic mass is 10.0. The number of nitrogens with one attached hydrogen (secondary N) is 1. The van der Waals surface area contributed by atoms with E-state index < -0.39 is 19.4 Å². The molecule has 3 aromatic rings. The Kier molecular flexibility index (Phi) is 6.77. The minimum atomic E-state index is -0.755. The molecule has 164 valence electrons. The number of aromatic nitrogens is 4. The third-order valence-electron chi connectivity index (χ3n) is 5.43. The van der Waals surface area contributed by atoms with Crippen LogP contribution < -0.4 is 5.32 Å². The number of fused-ring (bicyclic) bond motifs is 1. The second-order valence-electron chi connectivity index (χ2n) is 7.74. The molecule has 1 aromatic carbocycles. The summed E-state index contributed by atoms with van der Waals surface area (Å²) in [5.41, 5.74) is 2.32. The van der Waals surface area contributed by atoms with Crippen LogP contribution in [0.5, 0.6) is 0 Å². The number of aryl methyl sites for hydroxylation is 1. The maximum absolute atomic E-state index is 12.7. The van der Waals surface area contributed by atoms with Gasteiger partial charge in [-0.05, 0) is 44.0 Å². The molecule has 1 fully saturated rings. The van der Waals surface area contributed by atoms with E-state index in [4.69, 9.17) is 0 Å². The first-order valence-corrected chi connectivity index (χ1v) is 11.1. The highest BCUT2D eigenvalue weighted by molar-refractivity contribution is 7.14. The van der Waals surface area contributed by atoms with Crippen molar-refractivity contribution in [3.05, 3.63) is 35.0 Å². The lowest BCUT2D eigenvalue weighted by molar-refractivity contribution is -0.131. The van der Waals surface area contributed by atoms with Crippen molar-refractivity contribution < 1.29 is 13.6 Å². The maximum atomic E-state index is 12.7. The van der Waals surface area contributed by atoms with E-state index in [1.807, 2.05) is 31.2 Å². The minimum Gasteiger partial charge on any atom is -0.342 e. The van der Waals surface area contributed by atoms with Gasteiger partial charge in [0.05, 0.1) is 23.7 Å². The zero-order valence-electron chi connectivity index (χ0n) is 17.2. The van der Waals surface area contributed by atoms with Gasteiger partial charge in [0.25, 0.3) is 0 Å². The summed E-state index contributed by atoms with van der Waals surface area (Å²) in [6.45, 7) is 1.58. The van der Waals surface area contributed by atoms with Crippen LogP contribution in [0, 0.1) is 6.92 Å².